The van der Waals surface area contributed by atoms with E-state index in [4.69, 9.17) is 9.47 Å². The molecule has 0 aliphatic carbocycles. The van der Waals surface area contributed by atoms with Crippen LogP contribution in [0.4, 0.5) is 4.39 Å². The lowest BCUT2D eigenvalue weighted by molar-refractivity contribution is 0.0524. The van der Waals surface area contributed by atoms with Crippen LogP contribution in [0.5, 0.6) is 11.5 Å². The Balaban J connectivity index is 1.32. The Morgan fingerprint density at radius 3 is 2.75 bits per heavy atom. The number of halogens is 1. The molecular formula is C24H22FN3O3S. The van der Waals surface area contributed by atoms with Crippen LogP contribution < -0.4 is 9.47 Å². The Bertz CT molecular complexity index is 1280. The third kappa shape index (κ3) is 3.93. The van der Waals surface area contributed by atoms with Crippen LogP contribution in [-0.4, -0.2) is 46.9 Å². The molecule has 8 heteroatoms. The Kier molecular flexibility index (Phi) is 5.30. The first-order valence-electron chi connectivity index (χ1n) is 10.3. The summed E-state index contributed by atoms with van der Waals surface area (Å²) in [4.78, 5) is 16.4. The van der Waals surface area contributed by atoms with Crippen LogP contribution in [0.3, 0.4) is 0 Å². The summed E-state index contributed by atoms with van der Waals surface area (Å²) in [5, 5.41) is 5.56. The largest absolute Gasteiger partial charge is 0.486 e. The minimum atomic E-state index is -0.265. The van der Waals surface area contributed by atoms with Gasteiger partial charge in [-0.2, -0.15) is 5.10 Å². The zero-order valence-electron chi connectivity index (χ0n) is 17.7. The molecule has 4 aromatic rings. The number of aromatic nitrogens is 2. The SMILES string of the molecule is Cc1nn(Cc2ccc(F)cc2)c2sc(C(=O)N(C)C[C@@H]3COc4ccccc4O3)cc12. The van der Waals surface area contributed by atoms with E-state index in [-0.39, 0.29) is 17.8 Å². The number of carbonyl (C=O) groups is 1. The van der Waals surface area contributed by atoms with Crippen molar-refractivity contribution >= 4 is 27.5 Å². The van der Waals surface area contributed by atoms with Crippen molar-refractivity contribution in [2.24, 2.45) is 0 Å². The predicted octanol–water partition coefficient (Wildman–Crippen LogP) is 4.51. The van der Waals surface area contributed by atoms with Gasteiger partial charge in [-0.15, -0.1) is 11.3 Å². The van der Waals surface area contributed by atoms with Gasteiger partial charge in [-0.1, -0.05) is 24.3 Å². The molecule has 0 saturated heterocycles. The highest BCUT2D eigenvalue weighted by Gasteiger charge is 2.25. The number of benzene rings is 2. The Hall–Kier alpha value is -3.39. The third-order valence-electron chi connectivity index (χ3n) is 5.46. The highest BCUT2D eigenvalue weighted by Crippen LogP contribution is 2.32. The number of fused-ring (bicyclic) bond motifs is 2. The molecule has 0 bridgehead atoms. The van der Waals surface area contributed by atoms with Crippen LogP contribution in [0.2, 0.25) is 0 Å². The summed E-state index contributed by atoms with van der Waals surface area (Å²) in [6.45, 7) is 3.26. The number of hydrogen-bond donors (Lipinski definition) is 0. The van der Waals surface area contributed by atoms with E-state index < -0.39 is 0 Å². The molecule has 2 aromatic carbocycles. The van der Waals surface area contributed by atoms with Crippen LogP contribution in [0.25, 0.3) is 10.2 Å². The van der Waals surface area contributed by atoms with Crippen molar-refractivity contribution in [3.8, 4) is 11.5 Å². The molecule has 1 atom stereocenters. The summed E-state index contributed by atoms with van der Waals surface area (Å²) in [7, 11) is 1.77. The van der Waals surface area contributed by atoms with E-state index in [0.717, 1.165) is 27.2 Å². The standard InChI is InChI=1S/C24H22FN3O3S/c1-15-19-11-22(32-24(19)28(26-15)12-16-7-9-17(25)10-8-16)23(29)27(2)13-18-14-30-20-5-3-4-6-21(20)31-18/h3-11,18H,12-14H2,1-2H3/t18-/m1/s1. The fraction of sp³-hybridized carbons (Fsp3) is 0.250. The van der Waals surface area contributed by atoms with Gasteiger partial charge in [-0.3, -0.25) is 9.48 Å². The van der Waals surface area contributed by atoms with Crippen molar-refractivity contribution < 1.29 is 18.7 Å². The van der Waals surface area contributed by atoms with Crippen molar-refractivity contribution in [2.75, 3.05) is 20.2 Å². The van der Waals surface area contributed by atoms with E-state index in [1.54, 1.807) is 24.1 Å². The Labute approximate surface area is 188 Å². The van der Waals surface area contributed by atoms with Crippen molar-refractivity contribution in [3.63, 3.8) is 0 Å². The highest BCUT2D eigenvalue weighted by molar-refractivity contribution is 7.20. The molecule has 2 aromatic heterocycles. The summed E-state index contributed by atoms with van der Waals surface area (Å²) in [6, 6.07) is 15.8. The minimum Gasteiger partial charge on any atom is -0.486 e. The summed E-state index contributed by atoms with van der Waals surface area (Å²) in [5.74, 6) is 1.09. The fourth-order valence-corrected chi connectivity index (χ4v) is 4.97. The van der Waals surface area contributed by atoms with Gasteiger partial charge in [0.15, 0.2) is 17.6 Å². The van der Waals surface area contributed by atoms with E-state index in [0.29, 0.717) is 30.3 Å². The molecule has 1 aliphatic heterocycles. The smallest absolute Gasteiger partial charge is 0.263 e. The number of aryl methyl sites for hydroxylation is 1. The number of hydrogen-bond acceptors (Lipinski definition) is 5. The lowest BCUT2D eigenvalue weighted by atomic mass is 10.2. The second-order valence-electron chi connectivity index (χ2n) is 7.88. The third-order valence-corrected chi connectivity index (χ3v) is 6.59. The second-order valence-corrected chi connectivity index (χ2v) is 8.91. The van der Waals surface area contributed by atoms with Gasteiger partial charge in [0.25, 0.3) is 5.91 Å². The van der Waals surface area contributed by atoms with E-state index in [1.165, 1.54) is 23.5 Å². The van der Waals surface area contributed by atoms with Gasteiger partial charge in [0.05, 0.1) is 23.7 Å². The normalized spacial score (nSPS) is 15.2. The van der Waals surface area contributed by atoms with E-state index in [1.807, 2.05) is 41.9 Å². The number of carbonyl (C=O) groups excluding carboxylic acids is 1. The molecular weight excluding hydrogens is 429 g/mol. The average molecular weight is 452 g/mol. The van der Waals surface area contributed by atoms with Gasteiger partial charge in [-0.25, -0.2) is 4.39 Å². The lowest BCUT2D eigenvalue weighted by Gasteiger charge is -2.29. The number of likely N-dealkylation sites (N-methyl/N-ethyl adjacent to an activating group) is 1. The zero-order chi connectivity index (χ0) is 22.2. The molecule has 6 nitrogen and oxygen atoms in total. The number of nitrogens with zero attached hydrogens (tertiary/aromatic N) is 3. The van der Waals surface area contributed by atoms with Gasteiger partial charge in [0.1, 0.15) is 17.3 Å². The maximum absolute atomic E-state index is 13.2. The number of ether oxygens (including phenoxy) is 2. The number of thiophene rings is 1. The quantitative estimate of drug-likeness (QED) is 0.448. The molecule has 0 unspecified atom stereocenters. The van der Waals surface area contributed by atoms with Crippen LogP contribution in [0.1, 0.15) is 20.9 Å². The monoisotopic (exact) mass is 451 g/mol. The maximum atomic E-state index is 13.2. The minimum absolute atomic E-state index is 0.0682. The topological polar surface area (TPSA) is 56.6 Å². The summed E-state index contributed by atoms with van der Waals surface area (Å²) in [5.41, 5.74) is 1.81. The van der Waals surface area contributed by atoms with Crippen molar-refractivity contribution in [1.29, 1.82) is 0 Å². The van der Waals surface area contributed by atoms with Gasteiger partial charge >= 0.3 is 0 Å². The molecule has 0 fully saturated rings. The molecule has 0 spiro atoms. The zero-order valence-corrected chi connectivity index (χ0v) is 18.6. The summed E-state index contributed by atoms with van der Waals surface area (Å²) < 4.78 is 26.8. The van der Waals surface area contributed by atoms with Crippen molar-refractivity contribution in [3.05, 3.63) is 76.5 Å². The van der Waals surface area contributed by atoms with Crippen LogP contribution in [0.15, 0.2) is 54.6 Å². The van der Waals surface area contributed by atoms with Crippen LogP contribution >= 0.6 is 11.3 Å². The van der Waals surface area contributed by atoms with Gasteiger partial charge in [0, 0.05) is 12.4 Å². The molecule has 32 heavy (non-hydrogen) atoms. The predicted molar refractivity (Wildman–Crippen MR) is 121 cm³/mol. The van der Waals surface area contributed by atoms with E-state index in [2.05, 4.69) is 5.10 Å². The van der Waals surface area contributed by atoms with E-state index in [9.17, 15) is 9.18 Å². The molecule has 5 rings (SSSR count). The molecule has 3 heterocycles. The summed E-state index contributed by atoms with van der Waals surface area (Å²) in [6.07, 6.45) is -0.232. The first-order chi connectivity index (χ1) is 15.5. The summed E-state index contributed by atoms with van der Waals surface area (Å²) >= 11 is 1.42. The molecule has 0 N–H and O–H groups in total. The number of amides is 1. The fourth-order valence-electron chi connectivity index (χ4n) is 3.82. The maximum Gasteiger partial charge on any atom is 0.263 e. The molecule has 0 radical (unpaired) electrons. The first kappa shape index (κ1) is 20.5. The van der Waals surface area contributed by atoms with Crippen molar-refractivity contribution in [2.45, 2.75) is 19.6 Å². The van der Waals surface area contributed by atoms with Gasteiger partial charge < -0.3 is 14.4 Å². The van der Waals surface area contributed by atoms with Crippen LogP contribution in [-0.2, 0) is 6.54 Å². The van der Waals surface area contributed by atoms with E-state index >= 15 is 0 Å². The molecule has 0 saturated carbocycles. The highest BCUT2D eigenvalue weighted by atomic mass is 32.1. The van der Waals surface area contributed by atoms with Crippen molar-refractivity contribution in [1.82, 2.24) is 14.7 Å². The average Bonchev–Trinajstić information content (AvgIpc) is 3.36. The van der Waals surface area contributed by atoms with Gasteiger partial charge in [-0.05, 0) is 42.8 Å². The molecule has 1 amide bonds. The Morgan fingerprint density at radius 1 is 1.22 bits per heavy atom. The van der Waals surface area contributed by atoms with Gasteiger partial charge in [0.2, 0.25) is 0 Å². The van der Waals surface area contributed by atoms with Crippen LogP contribution in [0, 0.1) is 12.7 Å². The number of para-hydroxylation sites is 2. The second kappa shape index (κ2) is 8.27. The molecule has 1 aliphatic rings. The number of rotatable bonds is 5. The first-order valence-corrected chi connectivity index (χ1v) is 11.1. The lowest BCUT2D eigenvalue weighted by Crippen LogP contribution is -2.41. The molecule has 164 valence electrons. The Morgan fingerprint density at radius 2 is 1.97 bits per heavy atom.